The van der Waals surface area contributed by atoms with Crippen molar-refractivity contribution in [3.8, 4) is 0 Å². The van der Waals surface area contributed by atoms with Crippen LogP contribution in [-0.4, -0.2) is 21.7 Å². The van der Waals surface area contributed by atoms with Crippen LogP contribution in [0.5, 0.6) is 0 Å². The third-order valence-electron chi connectivity index (χ3n) is 4.57. The highest BCUT2D eigenvalue weighted by molar-refractivity contribution is 7.17. The highest BCUT2D eigenvalue weighted by Crippen LogP contribution is 2.39. The molecule has 11 heteroatoms. The smallest absolute Gasteiger partial charge is 0.277 e. The summed E-state index contributed by atoms with van der Waals surface area (Å²) in [6.45, 7) is 2.09. The van der Waals surface area contributed by atoms with E-state index < -0.39 is 33.0 Å². The zero-order valence-corrected chi connectivity index (χ0v) is 15.6. The van der Waals surface area contributed by atoms with Crippen molar-refractivity contribution in [2.24, 2.45) is 11.7 Å². The Bertz CT molecular complexity index is 983. The molecule has 10 nitrogen and oxygen atoms in total. The maximum Gasteiger partial charge on any atom is 0.277 e. The lowest BCUT2D eigenvalue weighted by atomic mass is 9.88. The van der Waals surface area contributed by atoms with E-state index >= 15 is 0 Å². The summed E-state index contributed by atoms with van der Waals surface area (Å²) in [7, 11) is 0. The maximum absolute atomic E-state index is 12.6. The minimum atomic E-state index is -0.816. The molecule has 1 heterocycles. The van der Waals surface area contributed by atoms with Crippen LogP contribution < -0.4 is 11.1 Å². The van der Waals surface area contributed by atoms with Gasteiger partial charge in [0.15, 0.2) is 0 Å². The van der Waals surface area contributed by atoms with Gasteiger partial charge in [-0.05, 0) is 30.7 Å². The Hall–Kier alpha value is -3.34. The van der Waals surface area contributed by atoms with Crippen molar-refractivity contribution in [2.75, 3.05) is 5.32 Å². The molecule has 0 aliphatic heterocycles. The van der Waals surface area contributed by atoms with Crippen molar-refractivity contribution in [1.82, 2.24) is 0 Å². The van der Waals surface area contributed by atoms with E-state index in [1.807, 2.05) is 0 Å². The summed E-state index contributed by atoms with van der Waals surface area (Å²) in [6, 6.07) is 2.67. The van der Waals surface area contributed by atoms with Gasteiger partial charge in [0.2, 0.25) is 0 Å². The van der Waals surface area contributed by atoms with Crippen LogP contribution in [0.25, 0.3) is 0 Å². The predicted octanol–water partition coefficient (Wildman–Crippen LogP) is 3.04. The fourth-order valence-electron chi connectivity index (χ4n) is 3.21. The van der Waals surface area contributed by atoms with Gasteiger partial charge in [0.1, 0.15) is 5.00 Å². The molecule has 2 amide bonds. The molecule has 0 bridgehead atoms. The largest absolute Gasteiger partial charge is 0.365 e. The van der Waals surface area contributed by atoms with Gasteiger partial charge in [-0.15, -0.1) is 11.3 Å². The van der Waals surface area contributed by atoms with Crippen molar-refractivity contribution in [2.45, 2.75) is 26.2 Å². The Morgan fingerprint density at radius 2 is 1.79 bits per heavy atom. The molecule has 3 N–H and O–H groups in total. The number of benzene rings is 1. The maximum atomic E-state index is 12.6. The van der Waals surface area contributed by atoms with Gasteiger partial charge in [0.25, 0.3) is 23.2 Å². The first-order chi connectivity index (χ1) is 13.2. The van der Waals surface area contributed by atoms with Gasteiger partial charge in [-0.2, -0.15) is 0 Å². The molecule has 0 spiro atoms. The molecule has 1 aliphatic carbocycles. The molecule has 0 radical (unpaired) electrons. The second kappa shape index (κ2) is 7.35. The number of nitrogens with zero attached hydrogens (tertiary/aromatic N) is 2. The standard InChI is InChI=1S/C17H16N4O6S/c1-8-2-3-12-13(4-8)28-17(14(12)15(18)22)19-16(23)9-5-10(20(24)25)7-11(6-9)21(26)27/h5-8H,2-4H2,1H3,(H2,18,22)(H,19,23). The summed E-state index contributed by atoms with van der Waals surface area (Å²) in [5.41, 5.74) is 5.15. The number of rotatable bonds is 5. The van der Waals surface area contributed by atoms with Crippen LogP contribution in [0.1, 0.15) is 44.5 Å². The molecule has 1 aliphatic rings. The van der Waals surface area contributed by atoms with E-state index in [2.05, 4.69) is 12.2 Å². The number of anilines is 1. The Kier molecular flexibility index (Phi) is 5.10. The summed E-state index contributed by atoms with van der Waals surface area (Å²) < 4.78 is 0. The van der Waals surface area contributed by atoms with Crippen LogP contribution in [0.2, 0.25) is 0 Å². The number of amides is 2. The van der Waals surface area contributed by atoms with Crippen LogP contribution >= 0.6 is 11.3 Å². The average Bonchev–Trinajstić information content (AvgIpc) is 2.98. The lowest BCUT2D eigenvalue weighted by molar-refractivity contribution is -0.394. The van der Waals surface area contributed by atoms with Crippen LogP contribution in [0.15, 0.2) is 18.2 Å². The molecular weight excluding hydrogens is 388 g/mol. The Labute approximate surface area is 162 Å². The summed E-state index contributed by atoms with van der Waals surface area (Å²) >= 11 is 1.24. The van der Waals surface area contributed by atoms with E-state index in [1.54, 1.807) is 0 Å². The molecular formula is C17H16N4O6S. The number of hydrogen-bond acceptors (Lipinski definition) is 7. The first-order valence-corrected chi connectivity index (χ1v) is 9.18. The average molecular weight is 404 g/mol. The molecule has 146 valence electrons. The topological polar surface area (TPSA) is 158 Å². The second-order valence-electron chi connectivity index (χ2n) is 6.63. The van der Waals surface area contributed by atoms with E-state index in [4.69, 9.17) is 5.73 Å². The van der Waals surface area contributed by atoms with E-state index in [0.29, 0.717) is 12.3 Å². The number of carbonyl (C=O) groups excluding carboxylic acids is 2. The normalized spacial score (nSPS) is 15.5. The quantitative estimate of drug-likeness (QED) is 0.575. The van der Waals surface area contributed by atoms with Crippen molar-refractivity contribution in [3.63, 3.8) is 0 Å². The van der Waals surface area contributed by atoms with Crippen LogP contribution in [-0.2, 0) is 12.8 Å². The summed E-state index contributed by atoms with van der Waals surface area (Å²) in [5, 5.41) is 24.8. The van der Waals surface area contributed by atoms with Gasteiger partial charge < -0.3 is 11.1 Å². The second-order valence-corrected chi connectivity index (χ2v) is 7.73. The number of nitro groups is 2. The predicted molar refractivity (Wildman–Crippen MR) is 102 cm³/mol. The summed E-state index contributed by atoms with van der Waals surface area (Å²) in [6.07, 6.45) is 2.33. The number of nitrogens with two attached hydrogens (primary N) is 1. The molecule has 28 heavy (non-hydrogen) atoms. The number of nitro benzene ring substituents is 2. The molecule has 2 aromatic rings. The molecule has 3 rings (SSSR count). The van der Waals surface area contributed by atoms with Gasteiger partial charge in [-0.25, -0.2) is 0 Å². The third kappa shape index (κ3) is 3.69. The van der Waals surface area contributed by atoms with Crippen molar-refractivity contribution >= 4 is 39.5 Å². The number of hydrogen-bond donors (Lipinski definition) is 2. The van der Waals surface area contributed by atoms with Crippen molar-refractivity contribution in [1.29, 1.82) is 0 Å². The highest BCUT2D eigenvalue weighted by atomic mass is 32.1. The molecule has 0 fully saturated rings. The van der Waals surface area contributed by atoms with Crippen molar-refractivity contribution < 1.29 is 19.4 Å². The molecule has 1 aromatic carbocycles. The number of nitrogens with one attached hydrogen (secondary N) is 1. The van der Waals surface area contributed by atoms with Crippen molar-refractivity contribution in [3.05, 3.63) is 60.0 Å². The zero-order chi connectivity index (χ0) is 20.6. The molecule has 0 saturated heterocycles. The van der Waals surface area contributed by atoms with Crippen LogP contribution in [0.4, 0.5) is 16.4 Å². The van der Waals surface area contributed by atoms with Gasteiger partial charge in [0.05, 0.1) is 27.0 Å². The van der Waals surface area contributed by atoms with Gasteiger partial charge in [-0.1, -0.05) is 6.92 Å². The van der Waals surface area contributed by atoms with E-state index in [-0.39, 0.29) is 16.1 Å². The molecule has 1 aromatic heterocycles. The van der Waals surface area contributed by atoms with E-state index in [0.717, 1.165) is 41.5 Å². The first kappa shape index (κ1) is 19.4. The lowest BCUT2D eigenvalue weighted by Gasteiger charge is -2.18. The fourth-order valence-corrected chi connectivity index (χ4v) is 4.62. The van der Waals surface area contributed by atoms with E-state index in [9.17, 15) is 29.8 Å². The first-order valence-electron chi connectivity index (χ1n) is 8.37. The summed E-state index contributed by atoms with van der Waals surface area (Å²) in [5.74, 6) is -1.02. The number of carbonyl (C=O) groups is 2. The fraction of sp³-hybridized carbons (Fsp3) is 0.294. The third-order valence-corrected chi connectivity index (χ3v) is 5.74. The minimum absolute atomic E-state index is 0.236. The lowest BCUT2D eigenvalue weighted by Crippen LogP contribution is -2.19. The van der Waals surface area contributed by atoms with Gasteiger partial charge >= 0.3 is 0 Å². The monoisotopic (exact) mass is 404 g/mol. The SMILES string of the molecule is CC1CCc2c(sc(NC(=O)c3cc([N+](=O)[O-])cc([N+](=O)[O-])c3)c2C(N)=O)C1. The van der Waals surface area contributed by atoms with Crippen LogP contribution in [0, 0.1) is 26.1 Å². The van der Waals surface area contributed by atoms with Gasteiger partial charge in [-0.3, -0.25) is 29.8 Å². The van der Waals surface area contributed by atoms with Gasteiger partial charge in [0, 0.05) is 17.0 Å². The number of thiophene rings is 1. The highest BCUT2D eigenvalue weighted by Gasteiger charge is 2.28. The summed E-state index contributed by atoms with van der Waals surface area (Å²) in [4.78, 5) is 45.9. The molecule has 0 saturated carbocycles. The number of fused-ring (bicyclic) bond motifs is 1. The Morgan fingerprint density at radius 3 is 2.32 bits per heavy atom. The number of non-ortho nitro benzene ring substituents is 2. The van der Waals surface area contributed by atoms with E-state index in [1.165, 1.54) is 11.3 Å². The van der Waals surface area contributed by atoms with Crippen LogP contribution in [0.3, 0.4) is 0 Å². The Morgan fingerprint density at radius 1 is 1.18 bits per heavy atom. The number of primary amides is 1. The zero-order valence-electron chi connectivity index (χ0n) is 14.8. The molecule has 1 unspecified atom stereocenters. The Balaban J connectivity index is 1.99. The minimum Gasteiger partial charge on any atom is -0.365 e. The molecule has 1 atom stereocenters.